The van der Waals surface area contributed by atoms with E-state index >= 15 is 0 Å². The second-order valence-electron chi connectivity index (χ2n) is 5.52. The average molecular weight is 408 g/mol. The molecule has 0 aliphatic heterocycles. The van der Waals surface area contributed by atoms with Gasteiger partial charge in [-0.2, -0.15) is 0 Å². The summed E-state index contributed by atoms with van der Waals surface area (Å²) >= 11 is 5.99. The Morgan fingerprint density at radius 2 is 2.04 bits per heavy atom. The zero-order chi connectivity index (χ0) is 19.9. The molecule has 0 atom stereocenters. The minimum Gasteiger partial charge on any atom is -0.497 e. The van der Waals surface area contributed by atoms with Gasteiger partial charge in [-0.15, -0.1) is 0 Å². The standard InChI is InChI=1S/C19H18ClNO5S/c1-26-16-7-5-8-17(13-16)27(24,25)21-18-11-10-15(20)12-14(18)6-3-2-4-9-19(22)23/h5,7-8,10-13,21H,2,4,9H2,1H3,(H,22,23). The fraction of sp³-hybridized carbons (Fsp3) is 0.211. The molecule has 0 amide bonds. The van der Waals surface area contributed by atoms with Crippen LogP contribution in [0.4, 0.5) is 5.69 Å². The molecule has 0 aliphatic rings. The third-order valence-electron chi connectivity index (χ3n) is 3.49. The van der Waals surface area contributed by atoms with Crippen LogP contribution in [-0.2, 0) is 14.8 Å². The van der Waals surface area contributed by atoms with E-state index in [4.69, 9.17) is 21.4 Å². The Morgan fingerprint density at radius 3 is 2.74 bits per heavy atom. The van der Waals surface area contributed by atoms with Gasteiger partial charge in [0, 0.05) is 23.9 Å². The molecule has 27 heavy (non-hydrogen) atoms. The summed E-state index contributed by atoms with van der Waals surface area (Å²) < 4.78 is 32.9. The molecule has 0 saturated carbocycles. The molecule has 0 bridgehead atoms. The zero-order valence-corrected chi connectivity index (χ0v) is 16.1. The maximum absolute atomic E-state index is 12.6. The van der Waals surface area contributed by atoms with Crippen molar-refractivity contribution in [3.8, 4) is 17.6 Å². The first kappa shape index (κ1) is 20.6. The van der Waals surface area contributed by atoms with Crippen LogP contribution in [0.15, 0.2) is 47.4 Å². The Morgan fingerprint density at radius 1 is 1.26 bits per heavy atom. The third-order valence-corrected chi connectivity index (χ3v) is 5.09. The van der Waals surface area contributed by atoms with Gasteiger partial charge in [-0.1, -0.05) is 29.5 Å². The summed E-state index contributed by atoms with van der Waals surface area (Å²) in [4.78, 5) is 10.6. The fourth-order valence-electron chi connectivity index (χ4n) is 2.17. The number of carboxylic acid groups (broad SMARTS) is 1. The van der Waals surface area contributed by atoms with Crippen molar-refractivity contribution in [1.29, 1.82) is 0 Å². The van der Waals surface area contributed by atoms with Gasteiger partial charge in [0.2, 0.25) is 0 Å². The van der Waals surface area contributed by atoms with Crippen molar-refractivity contribution in [1.82, 2.24) is 0 Å². The quantitative estimate of drug-likeness (QED) is 0.538. The molecule has 8 heteroatoms. The van der Waals surface area contributed by atoms with Gasteiger partial charge in [0.15, 0.2) is 0 Å². The molecule has 2 aromatic carbocycles. The third kappa shape index (κ3) is 6.20. The summed E-state index contributed by atoms with van der Waals surface area (Å²) in [5, 5.41) is 9.04. The van der Waals surface area contributed by atoms with E-state index in [1.807, 2.05) is 0 Å². The van der Waals surface area contributed by atoms with Crippen molar-refractivity contribution in [2.45, 2.75) is 24.2 Å². The molecule has 142 valence electrons. The van der Waals surface area contributed by atoms with E-state index in [1.165, 1.54) is 25.3 Å². The maximum Gasteiger partial charge on any atom is 0.303 e. The highest BCUT2D eigenvalue weighted by atomic mass is 35.5. The number of nitrogens with one attached hydrogen (secondary N) is 1. The SMILES string of the molecule is COc1cccc(S(=O)(=O)Nc2ccc(Cl)cc2C#CCCCC(=O)O)c1. The lowest BCUT2D eigenvalue weighted by Gasteiger charge is -2.11. The zero-order valence-electron chi connectivity index (χ0n) is 14.5. The highest BCUT2D eigenvalue weighted by Crippen LogP contribution is 2.24. The fourth-order valence-corrected chi connectivity index (χ4v) is 3.45. The number of anilines is 1. The summed E-state index contributed by atoms with van der Waals surface area (Å²) in [6, 6.07) is 10.7. The van der Waals surface area contributed by atoms with E-state index in [0.717, 1.165) is 0 Å². The largest absolute Gasteiger partial charge is 0.497 e. The molecule has 2 N–H and O–H groups in total. The van der Waals surface area contributed by atoms with E-state index in [-0.39, 0.29) is 17.0 Å². The summed E-state index contributed by atoms with van der Waals surface area (Å²) in [7, 11) is -2.39. The van der Waals surface area contributed by atoms with Gasteiger partial charge in [0.25, 0.3) is 10.0 Å². The molecule has 2 rings (SSSR count). The van der Waals surface area contributed by atoms with E-state index in [9.17, 15) is 13.2 Å². The molecule has 6 nitrogen and oxygen atoms in total. The van der Waals surface area contributed by atoms with Crippen LogP contribution in [0.3, 0.4) is 0 Å². The van der Waals surface area contributed by atoms with Crippen LogP contribution in [0.1, 0.15) is 24.8 Å². The van der Waals surface area contributed by atoms with Crippen molar-refractivity contribution in [3.63, 3.8) is 0 Å². The monoisotopic (exact) mass is 407 g/mol. The van der Waals surface area contributed by atoms with Gasteiger partial charge in [-0.25, -0.2) is 8.42 Å². The Labute approximate surface area is 163 Å². The Balaban J connectivity index is 2.25. The molecule has 0 fully saturated rings. The number of carboxylic acids is 1. The van der Waals surface area contributed by atoms with Crippen molar-refractivity contribution < 1.29 is 23.1 Å². The molecule has 0 radical (unpaired) electrons. The Bertz CT molecular complexity index is 993. The predicted octanol–water partition coefficient (Wildman–Crippen LogP) is 3.76. The number of methoxy groups -OCH3 is 1. The number of aliphatic carboxylic acids is 1. The summed E-state index contributed by atoms with van der Waals surface area (Å²) in [6.45, 7) is 0. The Kier molecular flexibility index (Phi) is 7.11. The van der Waals surface area contributed by atoms with E-state index in [2.05, 4.69) is 16.6 Å². The number of ether oxygens (including phenoxy) is 1. The molecule has 0 aromatic heterocycles. The van der Waals surface area contributed by atoms with Gasteiger partial charge in [-0.3, -0.25) is 9.52 Å². The van der Waals surface area contributed by atoms with Gasteiger partial charge in [-0.05, 0) is 36.8 Å². The highest BCUT2D eigenvalue weighted by Gasteiger charge is 2.16. The minimum atomic E-state index is -3.85. The number of sulfonamides is 1. The highest BCUT2D eigenvalue weighted by molar-refractivity contribution is 7.92. The van der Waals surface area contributed by atoms with E-state index < -0.39 is 16.0 Å². The van der Waals surface area contributed by atoms with Crippen molar-refractivity contribution in [3.05, 3.63) is 53.1 Å². The molecular formula is C19H18ClNO5S. The second kappa shape index (κ2) is 9.31. The first-order chi connectivity index (χ1) is 12.8. The van der Waals surface area contributed by atoms with Crippen LogP contribution in [0, 0.1) is 11.8 Å². The number of benzene rings is 2. The van der Waals surface area contributed by atoms with Crippen LogP contribution in [0.25, 0.3) is 0 Å². The van der Waals surface area contributed by atoms with Crippen LogP contribution in [-0.4, -0.2) is 26.6 Å². The lowest BCUT2D eigenvalue weighted by molar-refractivity contribution is -0.137. The molecule has 0 saturated heterocycles. The lowest BCUT2D eigenvalue weighted by Crippen LogP contribution is -2.14. The average Bonchev–Trinajstić information content (AvgIpc) is 2.63. The number of hydrogen-bond donors (Lipinski definition) is 2. The molecule has 0 unspecified atom stereocenters. The van der Waals surface area contributed by atoms with Crippen molar-refractivity contribution in [2.24, 2.45) is 0 Å². The van der Waals surface area contributed by atoms with Crippen LogP contribution in [0.2, 0.25) is 5.02 Å². The van der Waals surface area contributed by atoms with Gasteiger partial charge < -0.3 is 9.84 Å². The van der Waals surface area contributed by atoms with Crippen molar-refractivity contribution >= 4 is 33.3 Å². The molecule has 0 heterocycles. The number of carbonyl (C=O) groups is 1. The van der Waals surface area contributed by atoms with Crippen LogP contribution >= 0.6 is 11.6 Å². The van der Waals surface area contributed by atoms with Crippen molar-refractivity contribution in [2.75, 3.05) is 11.8 Å². The molecular weight excluding hydrogens is 390 g/mol. The Hall–Kier alpha value is -2.69. The first-order valence-corrected chi connectivity index (χ1v) is 9.85. The van der Waals surface area contributed by atoms with E-state index in [1.54, 1.807) is 24.3 Å². The number of unbranched alkanes of at least 4 members (excludes halogenated alkanes) is 1. The first-order valence-electron chi connectivity index (χ1n) is 7.99. The molecule has 0 spiro atoms. The predicted molar refractivity (Wildman–Crippen MR) is 104 cm³/mol. The molecule has 0 aliphatic carbocycles. The van der Waals surface area contributed by atoms with Crippen LogP contribution in [0.5, 0.6) is 5.75 Å². The number of rotatable bonds is 7. The summed E-state index contributed by atoms with van der Waals surface area (Å²) in [6.07, 6.45) is 0.814. The van der Waals surface area contributed by atoms with Gasteiger partial charge in [0.1, 0.15) is 5.75 Å². The number of halogens is 1. The summed E-state index contributed by atoms with van der Waals surface area (Å²) in [5.41, 5.74) is 0.692. The molecule has 2 aromatic rings. The minimum absolute atomic E-state index is 0.0273. The van der Waals surface area contributed by atoms with E-state index in [0.29, 0.717) is 29.2 Å². The maximum atomic E-state index is 12.6. The normalized spacial score (nSPS) is 10.6. The smallest absolute Gasteiger partial charge is 0.303 e. The van der Waals surface area contributed by atoms with Gasteiger partial charge in [0.05, 0.1) is 23.3 Å². The van der Waals surface area contributed by atoms with Gasteiger partial charge >= 0.3 is 5.97 Å². The second-order valence-corrected chi connectivity index (χ2v) is 7.64. The van der Waals surface area contributed by atoms with Crippen LogP contribution < -0.4 is 9.46 Å². The summed E-state index contributed by atoms with van der Waals surface area (Å²) in [5.74, 6) is 5.23. The topological polar surface area (TPSA) is 92.7 Å². The lowest BCUT2D eigenvalue weighted by atomic mass is 10.1. The number of hydrogen-bond acceptors (Lipinski definition) is 4.